The maximum atomic E-state index is 6.12. The number of aryl methyl sites for hydroxylation is 1. The van der Waals surface area contributed by atoms with E-state index in [1.54, 1.807) is 17.2 Å². The summed E-state index contributed by atoms with van der Waals surface area (Å²) in [6.45, 7) is 8.18. The molecule has 5 nitrogen and oxygen atoms in total. The summed E-state index contributed by atoms with van der Waals surface area (Å²) in [5.74, 6) is 0. The quantitative estimate of drug-likeness (QED) is 0.866. The Morgan fingerprint density at radius 3 is 2.48 bits per heavy atom. The van der Waals surface area contributed by atoms with Crippen LogP contribution < -0.4 is 4.90 Å². The molecule has 112 valence electrons. The number of benzene rings is 1. The van der Waals surface area contributed by atoms with Gasteiger partial charge in [-0.1, -0.05) is 17.7 Å². The Labute approximate surface area is 130 Å². The first-order chi connectivity index (χ1) is 10.2. The van der Waals surface area contributed by atoms with Crippen molar-refractivity contribution in [1.82, 2.24) is 19.9 Å². The summed E-state index contributed by atoms with van der Waals surface area (Å²) in [4.78, 5) is 6.62. The molecule has 6 heteroatoms. The first-order valence-corrected chi connectivity index (χ1v) is 7.68. The van der Waals surface area contributed by atoms with Crippen LogP contribution in [0.4, 0.5) is 5.69 Å². The fourth-order valence-electron chi connectivity index (χ4n) is 2.73. The van der Waals surface area contributed by atoms with E-state index in [2.05, 4.69) is 39.1 Å². The van der Waals surface area contributed by atoms with Gasteiger partial charge in [0.2, 0.25) is 0 Å². The summed E-state index contributed by atoms with van der Waals surface area (Å²) in [6.07, 6.45) is 3.44. The zero-order valence-corrected chi connectivity index (χ0v) is 13.0. The van der Waals surface area contributed by atoms with Crippen LogP contribution in [0.3, 0.4) is 0 Å². The molecule has 0 spiro atoms. The molecule has 2 aromatic rings. The fraction of sp³-hybridized carbons (Fsp3) is 0.467. The van der Waals surface area contributed by atoms with Gasteiger partial charge in [0.15, 0.2) is 0 Å². The molecule has 0 unspecified atom stereocenters. The number of anilines is 1. The Bertz CT molecular complexity index is 576. The van der Waals surface area contributed by atoms with Crippen LogP contribution in [0.1, 0.15) is 5.56 Å². The van der Waals surface area contributed by atoms with Crippen molar-refractivity contribution in [2.24, 2.45) is 0 Å². The highest BCUT2D eigenvalue weighted by Gasteiger charge is 2.18. The maximum Gasteiger partial charge on any atom is 0.0734 e. The molecular weight excluding hydrogens is 286 g/mol. The van der Waals surface area contributed by atoms with Crippen LogP contribution in [0.2, 0.25) is 5.02 Å². The lowest BCUT2D eigenvalue weighted by molar-refractivity contribution is 0.239. The average molecular weight is 306 g/mol. The molecular formula is C15H20ClN5. The molecule has 0 atom stereocenters. The summed E-state index contributed by atoms with van der Waals surface area (Å²) < 4.78 is 0. The van der Waals surface area contributed by atoms with Crippen LogP contribution in [0, 0.1) is 6.92 Å². The maximum absolute atomic E-state index is 6.12. The highest BCUT2D eigenvalue weighted by atomic mass is 35.5. The molecule has 0 bridgehead atoms. The number of hydrogen-bond donors (Lipinski definition) is 0. The summed E-state index contributed by atoms with van der Waals surface area (Å²) in [7, 11) is 0. The Morgan fingerprint density at radius 2 is 1.76 bits per heavy atom. The normalized spacial score (nSPS) is 16.4. The second-order valence-corrected chi connectivity index (χ2v) is 5.82. The van der Waals surface area contributed by atoms with E-state index in [4.69, 9.17) is 11.6 Å². The molecule has 1 aliphatic heterocycles. The van der Waals surface area contributed by atoms with Gasteiger partial charge in [-0.25, -0.2) is 0 Å². The fourth-order valence-corrected chi connectivity index (χ4v) is 2.89. The molecule has 21 heavy (non-hydrogen) atoms. The second kappa shape index (κ2) is 6.45. The minimum absolute atomic E-state index is 0.808. The van der Waals surface area contributed by atoms with Gasteiger partial charge in [0.25, 0.3) is 0 Å². The monoisotopic (exact) mass is 305 g/mol. The smallest absolute Gasteiger partial charge is 0.0734 e. The van der Waals surface area contributed by atoms with Crippen molar-refractivity contribution in [1.29, 1.82) is 0 Å². The molecule has 1 fully saturated rings. The third kappa shape index (κ3) is 3.54. The molecule has 2 heterocycles. The van der Waals surface area contributed by atoms with Gasteiger partial charge in [-0.05, 0) is 24.6 Å². The molecule has 0 saturated carbocycles. The molecule has 0 amide bonds. The van der Waals surface area contributed by atoms with Gasteiger partial charge in [-0.2, -0.15) is 15.0 Å². The van der Waals surface area contributed by atoms with E-state index in [1.807, 2.05) is 6.07 Å². The molecule has 1 aliphatic rings. The lowest BCUT2D eigenvalue weighted by Gasteiger charge is -2.36. The third-order valence-corrected chi connectivity index (χ3v) is 4.20. The highest BCUT2D eigenvalue weighted by molar-refractivity contribution is 6.30. The zero-order chi connectivity index (χ0) is 14.7. The number of hydrogen-bond acceptors (Lipinski definition) is 4. The van der Waals surface area contributed by atoms with Gasteiger partial charge >= 0.3 is 0 Å². The first kappa shape index (κ1) is 14.4. The minimum Gasteiger partial charge on any atom is -0.369 e. The summed E-state index contributed by atoms with van der Waals surface area (Å²) in [5.41, 5.74) is 2.55. The van der Waals surface area contributed by atoms with Crippen molar-refractivity contribution < 1.29 is 0 Å². The van der Waals surface area contributed by atoms with E-state index >= 15 is 0 Å². The largest absolute Gasteiger partial charge is 0.369 e. The lowest BCUT2D eigenvalue weighted by atomic mass is 10.1. The number of rotatable bonds is 4. The molecule has 0 N–H and O–H groups in total. The van der Waals surface area contributed by atoms with Crippen molar-refractivity contribution in [2.45, 2.75) is 13.5 Å². The predicted molar refractivity (Wildman–Crippen MR) is 84.9 cm³/mol. The van der Waals surface area contributed by atoms with E-state index in [9.17, 15) is 0 Å². The van der Waals surface area contributed by atoms with Crippen LogP contribution in [0.15, 0.2) is 30.6 Å². The van der Waals surface area contributed by atoms with Crippen LogP contribution >= 0.6 is 11.6 Å². The molecule has 3 rings (SSSR count). The zero-order valence-electron chi connectivity index (χ0n) is 12.2. The SMILES string of the molecule is Cc1ccc(Cl)cc1N1CCN(CCn2nccn2)CC1. The van der Waals surface area contributed by atoms with Crippen molar-refractivity contribution in [3.8, 4) is 0 Å². The second-order valence-electron chi connectivity index (χ2n) is 5.38. The van der Waals surface area contributed by atoms with Crippen molar-refractivity contribution >= 4 is 17.3 Å². The lowest BCUT2D eigenvalue weighted by Crippen LogP contribution is -2.47. The number of nitrogens with zero attached hydrogens (tertiary/aromatic N) is 5. The topological polar surface area (TPSA) is 37.2 Å². The van der Waals surface area contributed by atoms with Crippen molar-refractivity contribution in [3.63, 3.8) is 0 Å². The third-order valence-electron chi connectivity index (χ3n) is 3.97. The van der Waals surface area contributed by atoms with Crippen LogP contribution in [-0.4, -0.2) is 52.6 Å². The molecule has 1 aromatic carbocycles. The number of aromatic nitrogens is 3. The number of piperazine rings is 1. The molecule has 1 aromatic heterocycles. The molecule has 0 radical (unpaired) electrons. The van der Waals surface area contributed by atoms with Gasteiger partial charge in [0, 0.05) is 43.4 Å². The van der Waals surface area contributed by atoms with E-state index in [1.165, 1.54) is 11.3 Å². The summed E-state index contributed by atoms with van der Waals surface area (Å²) >= 11 is 6.12. The Morgan fingerprint density at radius 1 is 1.05 bits per heavy atom. The minimum atomic E-state index is 0.808. The Balaban J connectivity index is 1.54. The summed E-state index contributed by atoms with van der Waals surface area (Å²) in [5, 5.41) is 9.08. The highest BCUT2D eigenvalue weighted by Crippen LogP contribution is 2.25. The standard InChI is InChI=1S/C15H20ClN5/c1-13-2-3-14(16)12-15(13)20-9-6-19(7-10-20)8-11-21-17-4-5-18-21/h2-5,12H,6-11H2,1H3. The summed E-state index contributed by atoms with van der Waals surface area (Å²) in [6, 6.07) is 6.11. The van der Waals surface area contributed by atoms with Crippen LogP contribution in [0.25, 0.3) is 0 Å². The van der Waals surface area contributed by atoms with E-state index in [-0.39, 0.29) is 0 Å². The van der Waals surface area contributed by atoms with Crippen LogP contribution in [-0.2, 0) is 6.54 Å². The van der Waals surface area contributed by atoms with Crippen LogP contribution in [0.5, 0.6) is 0 Å². The van der Waals surface area contributed by atoms with Gasteiger partial charge in [-0.15, -0.1) is 0 Å². The average Bonchev–Trinajstić information content (AvgIpc) is 3.02. The molecule has 1 saturated heterocycles. The predicted octanol–water partition coefficient (Wildman–Crippen LogP) is 2.06. The van der Waals surface area contributed by atoms with Gasteiger partial charge in [0.1, 0.15) is 0 Å². The van der Waals surface area contributed by atoms with Crippen molar-refractivity contribution in [2.75, 3.05) is 37.6 Å². The van der Waals surface area contributed by atoms with Gasteiger partial charge < -0.3 is 4.90 Å². The Hall–Kier alpha value is -1.59. The first-order valence-electron chi connectivity index (χ1n) is 7.30. The van der Waals surface area contributed by atoms with E-state index in [0.29, 0.717) is 0 Å². The van der Waals surface area contributed by atoms with E-state index in [0.717, 1.165) is 44.3 Å². The van der Waals surface area contributed by atoms with Gasteiger partial charge in [-0.3, -0.25) is 4.90 Å². The van der Waals surface area contributed by atoms with E-state index < -0.39 is 0 Å². The van der Waals surface area contributed by atoms with Crippen molar-refractivity contribution in [3.05, 3.63) is 41.2 Å². The molecule has 0 aliphatic carbocycles. The van der Waals surface area contributed by atoms with Gasteiger partial charge in [0.05, 0.1) is 18.9 Å². The number of halogens is 1. The Kier molecular flexibility index (Phi) is 4.41.